The molecule has 2 N–H and O–H groups in total. The van der Waals surface area contributed by atoms with Crippen molar-refractivity contribution in [3.63, 3.8) is 0 Å². The molecule has 0 amide bonds. The van der Waals surface area contributed by atoms with Crippen LogP contribution in [0.25, 0.3) is 0 Å². The summed E-state index contributed by atoms with van der Waals surface area (Å²) in [6, 6.07) is 2.91. The number of methoxy groups -OCH3 is 1. The van der Waals surface area contributed by atoms with Gasteiger partial charge in [-0.3, -0.25) is 0 Å². The van der Waals surface area contributed by atoms with E-state index < -0.39 is 6.16 Å². The minimum atomic E-state index is -0.868. The minimum Gasteiger partial charge on any atom is -0.437 e. The van der Waals surface area contributed by atoms with E-state index in [1.165, 1.54) is 19.2 Å². The molecule has 0 saturated carbocycles. The summed E-state index contributed by atoms with van der Waals surface area (Å²) in [7, 11) is 1.19. The highest BCUT2D eigenvalue weighted by atomic mass is 35.5. The van der Waals surface area contributed by atoms with E-state index in [2.05, 4.69) is 4.74 Å². The second-order valence-electron chi connectivity index (χ2n) is 2.34. The van der Waals surface area contributed by atoms with Crippen LogP contribution in [0.2, 0.25) is 10.0 Å². The Kier molecular flexibility index (Phi) is 3.43. The summed E-state index contributed by atoms with van der Waals surface area (Å²) in [5, 5.41) is 0.227. The second-order valence-corrected chi connectivity index (χ2v) is 3.09. The number of ether oxygens (including phenoxy) is 2. The van der Waals surface area contributed by atoms with Crippen molar-refractivity contribution in [3.05, 3.63) is 22.2 Å². The Morgan fingerprint density at radius 2 is 2.00 bits per heavy atom. The Balaban J connectivity index is 3.00. The fourth-order valence-electron chi connectivity index (χ4n) is 0.757. The molecule has 0 aromatic heterocycles. The van der Waals surface area contributed by atoms with Crippen LogP contribution in [0.3, 0.4) is 0 Å². The summed E-state index contributed by atoms with van der Waals surface area (Å²) in [5.74, 6) is 0.109. The fraction of sp³-hybridized carbons (Fsp3) is 0.125. The maximum absolute atomic E-state index is 10.8. The summed E-state index contributed by atoms with van der Waals surface area (Å²) >= 11 is 11.5. The van der Waals surface area contributed by atoms with Gasteiger partial charge in [0.2, 0.25) is 0 Å². The van der Waals surface area contributed by atoms with Crippen LogP contribution in [0, 0.1) is 0 Å². The highest BCUT2D eigenvalue weighted by Gasteiger charge is 2.12. The number of halogens is 2. The van der Waals surface area contributed by atoms with Crippen molar-refractivity contribution in [2.45, 2.75) is 0 Å². The van der Waals surface area contributed by atoms with Crippen LogP contribution in [0.1, 0.15) is 0 Å². The van der Waals surface area contributed by atoms with E-state index >= 15 is 0 Å². The van der Waals surface area contributed by atoms with Gasteiger partial charge in [-0.25, -0.2) is 4.79 Å². The molecule has 0 radical (unpaired) electrons. The maximum Gasteiger partial charge on any atom is 0.513 e. The Morgan fingerprint density at radius 3 is 2.57 bits per heavy atom. The SMILES string of the molecule is COC(=O)Oc1ccc(N)c(Cl)c1Cl. The van der Waals surface area contributed by atoms with Crippen LogP contribution in [-0.2, 0) is 4.74 Å². The predicted octanol–water partition coefficient (Wildman–Crippen LogP) is 2.72. The number of nitrogen functional groups attached to an aromatic ring is 1. The first kappa shape index (κ1) is 10.9. The van der Waals surface area contributed by atoms with Gasteiger partial charge in [-0.15, -0.1) is 0 Å². The van der Waals surface area contributed by atoms with Gasteiger partial charge >= 0.3 is 6.16 Å². The average Bonchev–Trinajstić information content (AvgIpc) is 2.19. The second kappa shape index (κ2) is 4.39. The molecule has 0 fully saturated rings. The van der Waals surface area contributed by atoms with E-state index in [-0.39, 0.29) is 15.8 Å². The van der Waals surface area contributed by atoms with Crippen molar-refractivity contribution >= 4 is 35.0 Å². The molecule has 0 aliphatic carbocycles. The van der Waals surface area contributed by atoms with Gasteiger partial charge in [0.1, 0.15) is 5.02 Å². The highest BCUT2D eigenvalue weighted by Crippen LogP contribution is 2.36. The Bertz CT molecular complexity index is 368. The fourth-order valence-corrected chi connectivity index (χ4v) is 1.12. The molecule has 6 heteroatoms. The van der Waals surface area contributed by atoms with Gasteiger partial charge in [0.15, 0.2) is 5.75 Å². The zero-order valence-corrected chi connectivity index (χ0v) is 8.72. The molecule has 0 heterocycles. The molecule has 14 heavy (non-hydrogen) atoms. The number of rotatable bonds is 1. The third-order valence-electron chi connectivity index (χ3n) is 1.44. The van der Waals surface area contributed by atoms with Gasteiger partial charge in [-0.2, -0.15) is 0 Å². The first-order valence-corrected chi connectivity index (χ1v) is 4.31. The van der Waals surface area contributed by atoms with Gasteiger partial charge in [0.25, 0.3) is 0 Å². The van der Waals surface area contributed by atoms with Crippen molar-refractivity contribution in [3.8, 4) is 5.75 Å². The molecule has 0 spiro atoms. The van der Waals surface area contributed by atoms with Crippen LogP contribution in [0.4, 0.5) is 10.5 Å². The number of carbonyl (C=O) groups excluding carboxylic acids is 1. The quantitative estimate of drug-likeness (QED) is 0.462. The van der Waals surface area contributed by atoms with Crippen LogP contribution < -0.4 is 10.5 Å². The number of anilines is 1. The van der Waals surface area contributed by atoms with Crippen molar-refractivity contribution in [1.29, 1.82) is 0 Å². The van der Waals surface area contributed by atoms with Gasteiger partial charge < -0.3 is 15.2 Å². The van der Waals surface area contributed by atoms with Crippen LogP contribution >= 0.6 is 23.2 Å². The largest absolute Gasteiger partial charge is 0.513 e. The summed E-state index contributed by atoms with van der Waals surface area (Å²) in [4.78, 5) is 10.8. The number of hydrogen-bond donors (Lipinski definition) is 1. The maximum atomic E-state index is 10.8. The zero-order valence-electron chi connectivity index (χ0n) is 7.21. The zero-order chi connectivity index (χ0) is 10.7. The van der Waals surface area contributed by atoms with E-state index in [0.29, 0.717) is 5.69 Å². The Morgan fingerprint density at radius 1 is 1.36 bits per heavy atom. The molecule has 1 aromatic carbocycles. The van der Waals surface area contributed by atoms with E-state index in [0.717, 1.165) is 0 Å². The smallest absolute Gasteiger partial charge is 0.437 e. The molecule has 0 unspecified atom stereocenters. The molecular formula is C8H7Cl2NO3. The lowest BCUT2D eigenvalue weighted by Crippen LogP contribution is -2.07. The first-order valence-electron chi connectivity index (χ1n) is 3.55. The standard InChI is InChI=1S/C8H7Cl2NO3/c1-13-8(12)14-5-3-2-4(11)6(9)7(5)10/h2-3H,11H2,1H3. The molecule has 1 rings (SSSR count). The number of nitrogens with two attached hydrogens (primary N) is 1. The van der Waals surface area contributed by atoms with Crippen molar-refractivity contribution in [1.82, 2.24) is 0 Å². The molecule has 0 aliphatic heterocycles. The molecule has 0 atom stereocenters. The first-order chi connectivity index (χ1) is 6.56. The van der Waals surface area contributed by atoms with Crippen LogP contribution in [-0.4, -0.2) is 13.3 Å². The van der Waals surface area contributed by atoms with E-state index in [4.69, 9.17) is 33.7 Å². The van der Waals surface area contributed by atoms with Gasteiger partial charge in [0, 0.05) is 0 Å². The molecule has 1 aromatic rings. The summed E-state index contributed by atoms with van der Waals surface area (Å²) in [6.07, 6.45) is -0.868. The van der Waals surface area contributed by atoms with Crippen molar-refractivity contribution in [2.24, 2.45) is 0 Å². The van der Waals surface area contributed by atoms with Crippen LogP contribution in [0.5, 0.6) is 5.75 Å². The van der Waals surface area contributed by atoms with Crippen molar-refractivity contribution in [2.75, 3.05) is 12.8 Å². The van der Waals surface area contributed by atoms with E-state index in [1.807, 2.05) is 0 Å². The molecular weight excluding hydrogens is 229 g/mol. The monoisotopic (exact) mass is 235 g/mol. The topological polar surface area (TPSA) is 61.5 Å². The van der Waals surface area contributed by atoms with Crippen LogP contribution in [0.15, 0.2) is 12.1 Å². The number of hydrogen-bond acceptors (Lipinski definition) is 4. The lowest BCUT2D eigenvalue weighted by molar-refractivity contribution is 0.121. The summed E-state index contributed by atoms with van der Waals surface area (Å²) in [5.41, 5.74) is 5.78. The molecule has 0 bridgehead atoms. The van der Waals surface area contributed by atoms with Gasteiger partial charge in [-0.05, 0) is 12.1 Å². The lowest BCUT2D eigenvalue weighted by atomic mass is 10.3. The molecule has 0 saturated heterocycles. The summed E-state index contributed by atoms with van der Waals surface area (Å²) < 4.78 is 8.98. The lowest BCUT2D eigenvalue weighted by Gasteiger charge is -2.07. The number of benzene rings is 1. The highest BCUT2D eigenvalue weighted by molar-refractivity contribution is 6.44. The van der Waals surface area contributed by atoms with E-state index in [1.54, 1.807) is 0 Å². The third-order valence-corrected chi connectivity index (χ3v) is 2.32. The minimum absolute atomic E-state index is 0.0806. The third kappa shape index (κ3) is 2.21. The normalized spacial score (nSPS) is 9.64. The molecule has 4 nitrogen and oxygen atoms in total. The molecule has 0 aliphatic rings. The summed E-state index contributed by atoms with van der Waals surface area (Å²) in [6.45, 7) is 0. The Hall–Kier alpha value is -1.13. The van der Waals surface area contributed by atoms with Crippen molar-refractivity contribution < 1.29 is 14.3 Å². The average molecular weight is 236 g/mol. The number of carbonyl (C=O) groups is 1. The Labute approximate surface area is 90.5 Å². The van der Waals surface area contributed by atoms with Gasteiger partial charge in [-0.1, -0.05) is 23.2 Å². The van der Waals surface area contributed by atoms with Gasteiger partial charge in [0.05, 0.1) is 17.8 Å². The molecule has 76 valence electrons. The van der Waals surface area contributed by atoms with E-state index in [9.17, 15) is 4.79 Å². The predicted molar refractivity (Wildman–Crippen MR) is 53.9 cm³/mol.